The molecule has 132 valence electrons. The molecule has 0 heterocycles. The molecule has 0 bridgehead atoms. The monoisotopic (exact) mass is 315 g/mol. The molecule has 0 saturated heterocycles. The molecular formula is C18H37NO3. The summed E-state index contributed by atoms with van der Waals surface area (Å²) in [7, 11) is 0. The largest absolute Gasteiger partial charge is 0.379 e. The molecule has 0 radical (unpaired) electrons. The first-order chi connectivity index (χ1) is 10.1. The Bertz CT molecular complexity index is 290. The van der Waals surface area contributed by atoms with Gasteiger partial charge in [-0.3, -0.25) is 4.79 Å². The van der Waals surface area contributed by atoms with Gasteiger partial charge in [0.05, 0.1) is 19.8 Å². The average Bonchev–Trinajstić information content (AvgIpc) is 2.33. The Morgan fingerprint density at radius 3 is 1.91 bits per heavy atom. The van der Waals surface area contributed by atoms with Crippen molar-refractivity contribution in [2.45, 2.75) is 67.2 Å². The minimum absolute atomic E-state index is 0.120. The standard InChI is InChI=1S/C18H37NO3/c1-17(2,3)9-7-8-16(20)19-11-13-22-15-14-21-12-10-18(4,5)6/h7-15H2,1-6H3,(H,19,20). The highest BCUT2D eigenvalue weighted by atomic mass is 16.5. The van der Waals surface area contributed by atoms with Crippen LogP contribution in [0.5, 0.6) is 0 Å². The van der Waals surface area contributed by atoms with E-state index in [1.54, 1.807) is 0 Å². The van der Waals surface area contributed by atoms with Crippen LogP contribution in [0.2, 0.25) is 0 Å². The molecule has 4 heteroatoms. The molecule has 1 amide bonds. The summed E-state index contributed by atoms with van der Waals surface area (Å²) in [4.78, 5) is 11.6. The summed E-state index contributed by atoms with van der Waals surface area (Å²) in [5.74, 6) is 0.120. The topological polar surface area (TPSA) is 47.6 Å². The summed E-state index contributed by atoms with van der Waals surface area (Å²) in [6.07, 6.45) is 3.67. The number of carbonyl (C=O) groups excluding carboxylic acids is 1. The van der Waals surface area contributed by atoms with E-state index in [2.05, 4.69) is 46.9 Å². The van der Waals surface area contributed by atoms with Crippen LogP contribution < -0.4 is 5.32 Å². The van der Waals surface area contributed by atoms with Gasteiger partial charge in [-0.2, -0.15) is 0 Å². The summed E-state index contributed by atoms with van der Waals surface area (Å²) < 4.78 is 10.9. The van der Waals surface area contributed by atoms with Crippen molar-refractivity contribution in [1.82, 2.24) is 5.32 Å². The van der Waals surface area contributed by atoms with Gasteiger partial charge in [0.15, 0.2) is 0 Å². The second kappa shape index (κ2) is 11.0. The van der Waals surface area contributed by atoms with Gasteiger partial charge < -0.3 is 14.8 Å². The first-order valence-electron chi connectivity index (χ1n) is 8.52. The van der Waals surface area contributed by atoms with Crippen LogP contribution >= 0.6 is 0 Å². The number of nitrogens with one attached hydrogen (secondary N) is 1. The van der Waals surface area contributed by atoms with Crippen LogP contribution in [0.4, 0.5) is 0 Å². The molecule has 0 aliphatic carbocycles. The van der Waals surface area contributed by atoms with E-state index in [9.17, 15) is 4.79 Å². The highest BCUT2D eigenvalue weighted by molar-refractivity contribution is 5.75. The van der Waals surface area contributed by atoms with Gasteiger partial charge in [0, 0.05) is 19.6 Å². The Morgan fingerprint density at radius 2 is 1.36 bits per heavy atom. The molecule has 0 aliphatic heterocycles. The van der Waals surface area contributed by atoms with E-state index < -0.39 is 0 Å². The van der Waals surface area contributed by atoms with Crippen LogP contribution in [-0.4, -0.2) is 38.9 Å². The second-order valence-electron chi connectivity index (χ2n) is 8.30. The molecule has 0 unspecified atom stereocenters. The van der Waals surface area contributed by atoms with Gasteiger partial charge >= 0.3 is 0 Å². The highest BCUT2D eigenvalue weighted by Gasteiger charge is 2.11. The summed E-state index contributed by atoms with van der Waals surface area (Å²) in [6, 6.07) is 0. The predicted octanol–water partition coefficient (Wildman–Crippen LogP) is 3.79. The van der Waals surface area contributed by atoms with Gasteiger partial charge in [-0.1, -0.05) is 41.5 Å². The second-order valence-corrected chi connectivity index (χ2v) is 8.30. The summed E-state index contributed by atoms with van der Waals surface area (Å²) in [5, 5.41) is 2.89. The minimum Gasteiger partial charge on any atom is -0.379 e. The zero-order valence-corrected chi connectivity index (χ0v) is 15.6. The third kappa shape index (κ3) is 17.4. The van der Waals surface area contributed by atoms with Crippen molar-refractivity contribution in [3.8, 4) is 0 Å². The lowest BCUT2D eigenvalue weighted by atomic mass is 9.90. The summed E-state index contributed by atoms with van der Waals surface area (Å²) in [5.41, 5.74) is 0.620. The number of rotatable bonds is 11. The van der Waals surface area contributed by atoms with E-state index >= 15 is 0 Å². The molecule has 1 N–H and O–H groups in total. The number of hydrogen-bond acceptors (Lipinski definition) is 3. The SMILES string of the molecule is CC(C)(C)CCCC(=O)NCCOCCOCCC(C)(C)C. The first kappa shape index (κ1) is 21.4. The van der Waals surface area contributed by atoms with Crippen molar-refractivity contribution in [3.05, 3.63) is 0 Å². The van der Waals surface area contributed by atoms with Gasteiger partial charge in [-0.15, -0.1) is 0 Å². The number of hydrogen-bond donors (Lipinski definition) is 1. The Kier molecular flexibility index (Phi) is 10.7. The Labute approximate surface area is 137 Å². The summed E-state index contributed by atoms with van der Waals surface area (Å²) >= 11 is 0. The first-order valence-corrected chi connectivity index (χ1v) is 8.52. The Morgan fingerprint density at radius 1 is 0.818 bits per heavy atom. The number of amides is 1. The van der Waals surface area contributed by atoms with E-state index in [0.29, 0.717) is 43.6 Å². The molecule has 0 aromatic carbocycles. The maximum absolute atomic E-state index is 11.6. The van der Waals surface area contributed by atoms with Crippen molar-refractivity contribution in [3.63, 3.8) is 0 Å². The van der Waals surface area contributed by atoms with Crippen LogP contribution in [0.15, 0.2) is 0 Å². The fourth-order valence-corrected chi connectivity index (χ4v) is 1.83. The van der Waals surface area contributed by atoms with Crippen molar-refractivity contribution >= 4 is 5.91 Å². The van der Waals surface area contributed by atoms with E-state index in [-0.39, 0.29) is 5.91 Å². The molecule has 0 aromatic heterocycles. The van der Waals surface area contributed by atoms with E-state index in [0.717, 1.165) is 25.9 Å². The van der Waals surface area contributed by atoms with Crippen molar-refractivity contribution in [2.75, 3.05) is 33.0 Å². The quantitative estimate of drug-likeness (QED) is 0.590. The van der Waals surface area contributed by atoms with Crippen molar-refractivity contribution < 1.29 is 14.3 Å². The maximum Gasteiger partial charge on any atom is 0.220 e. The Balaban J connectivity index is 3.30. The molecular weight excluding hydrogens is 278 g/mol. The molecule has 0 spiro atoms. The minimum atomic E-state index is 0.120. The van der Waals surface area contributed by atoms with Crippen LogP contribution in [0.3, 0.4) is 0 Å². The van der Waals surface area contributed by atoms with Crippen molar-refractivity contribution in [1.29, 1.82) is 0 Å². The summed E-state index contributed by atoms with van der Waals surface area (Å²) in [6.45, 7) is 16.3. The molecule has 0 rings (SSSR count). The third-order valence-electron chi connectivity index (χ3n) is 3.27. The lowest BCUT2D eigenvalue weighted by Gasteiger charge is -2.17. The molecule has 22 heavy (non-hydrogen) atoms. The van der Waals surface area contributed by atoms with Gasteiger partial charge in [0.1, 0.15) is 0 Å². The average molecular weight is 315 g/mol. The highest BCUT2D eigenvalue weighted by Crippen LogP contribution is 2.21. The normalized spacial score (nSPS) is 12.5. The zero-order chi connectivity index (χ0) is 17.1. The molecule has 0 aliphatic rings. The fraction of sp³-hybridized carbons (Fsp3) is 0.944. The maximum atomic E-state index is 11.6. The van der Waals surface area contributed by atoms with Crippen LogP contribution in [0, 0.1) is 10.8 Å². The van der Waals surface area contributed by atoms with Gasteiger partial charge in [-0.05, 0) is 30.1 Å². The molecule has 0 fully saturated rings. The van der Waals surface area contributed by atoms with Gasteiger partial charge in [0.2, 0.25) is 5.91 Å². The van der Waals surface area contributed by atoms with Crippen LogP contribution in [0.25, 0.3) is 0 Å². The third-order valence-corrected chi connectivity index (χ3v) is 3.27. The predicted molar refractivity (Wildman–Crippen MR) is 92.0 cm³/mol. The molecule has 0 atom stereocenters. The number of carbonyl (C=O) groups is 1. The molecule has 0 saturated carbocycles. The van der Waals surface area contributed by atoms with E-state index in [1.807, 2.05) is 0 Å². The van der Waals surface area contributed by atoms with Crippen molar-refractivity contribution in [2.24, 2.45) is 10.8 Å². The zero-order valence-electron chi connectivity index (χ0n) is 15.6. The van der Waals surface area contributed by atoms with Gasteiger partial charge in [-0.25, -0.2) is 0 Å². The molecule has 0 aromatic rings. The molecule has 4 nitrogen and oxygen atoms in total. The van der Waals surface area contributed by atoms with Crippen LogP contribution in [0.1, 0.15) is 67.2 Å². The Hall–Kier alpha value is -0.610. The van der Waals surface area contributed by atoms with Crippen LogP contribution in [-0.2, 0) is 14.3 Å². The fourth-order valence-electron chi connectivity index (χ4n) is 1.83. The van der Waals surface area contributed by atoms with E-state index in [4.69, 9.17) is 9.47 Å². The van der Waals surface area contributed by atoms with Gasteiger partial charge in [0.25, 0.3) is 0 Å². The smallest absolute Gasteiger partial charge is 0.220 e. The number of ether oxygens (including phenoxy) is 2. The lowest BCUT2D eigenvalue weighted by Crippen LogP contribution is -2.27. The van der Waals surface area contributed by atoms with E-state index in [1.165, 1.54) is 0 Å². The lowest BCUT2D eigenvalue weighted by molar-refractivity contribution is -0.121.